The van der Waals surface area contributed by atoms with Crippen molar-refractivity contribution in [3.05, 3.63) is 52.7 Å². The highest BCUT2D eigenvalue weighted by Crippen LogP contribution is 2.31. The normalized spacial score (nSPS) is 16.5. The number of nitrogens with zero attached hydrogens (tertiary/aromatic N) is 2. The summed E-state index contributed by atoms with van der Waals surface area (Å²) in [5, 5.41) is 12.3. The number of nitriles is 1. The van der Waals surface area contributed by atoms with Gasteiger partial charge in [-0.3, -0.25) is 9.59 Å². The van der Waals surface area contributed by atoms with Gasteiger partial charge in [0, 0.05) is 5.69 Å². The Morgan fingerprint density at radius 3 is 2.86 bits per heavy atom. The molecule has 2 aromatic rings. The number of hydrogen-bond donors (Lipinski definition) is 2. The van der Waals surface area contributed by atoms with Gasteiger partial charge in [-0.05, 0) is 55.9 Å². The molecule has 1 aliphatic rings. The second-order valence-electron chi connectivity index (χ2n) is 7.07. The van der Waals surface area contributed by atoms with E-state index in [9.17, 15) is 14.9 Å². The molecule has 0 saturated carbocycles. The molecule has 6 nitrogen and oxygen atoms in total. The number of thioether (sulfide) groups is 1. The molecule has 0 bridgehead atoms. The Labute approximate surface area is 168 Å². The molecule has 3 N–H and O–H groups in total. The van der Waals surface area contributed by atoms with Crippen LogP contribution in [0.2, 0.25) is 0 Å². The molecule has 1 aliphatic carbocycles. The minimum atomic E-state index is -0.603. The van der Waals surface area contributed by atoms with Crippen LogP contribution in [0.5, 0.6) is 0 Å². The standard InChI is InChI=1S/C21H22N4O2S/c1-12-7-8-17-14(9-12)10-15(11-22)21(25-17)28-13(2)20(27)24-18-6-4-3-5-16(18)19(23)26/h3-6,10,12-13H,7-9H2,1-2H3,(H2,23,26)(H,24,27). The third kappa shape index (κ3) is 4.34. The number of fused-ring (bicyclic) bond motifs is 1. The van der Waals surface area contributed by atoms with Crippen LogP contribution in [0.1, 0.15) is 47.4 Å². The van der Waals surface area contributed by atoms with Crippen LogP contribution in [0.3, 0.4) is 0 Å². The monoisotopic (exact) mass is 394 g/mol. The molecular formula is C21H22N4O2S. The van der Waals surface area contributed by atoms with Crippen LogP contribution in [0.15, 0.2) is 35.4 Å². The summed E-state index contributed by atoms with van der Waals surface area (Å²) in [7, 11) is 0. The third-order valence-corrected chi connectivity index (χ3v) is 5.93. The Bertz CT molecular complexity index is 967. The average molecular weight is 395 g/mol. The topological polar surface area (TPSA) is 109 Å². The number of carbonyl (C=O) groups excluding carboxylic acids is 2. The minimum Gasteiger partial charge on any atom is -0.366 e. The van der Waals surface area contributed by atoms with E-state index in [1.54, 1.807) is 31.2 Å². The van der Waals surface area contributed by atoms with E-state index in [-0.39, 0.29) is 11.5 Å². The van der Waals surface area contributed by atoms with Crippen LogP contribution in [-0.2, 0) is 17.6 Å². The van der Waals surface area contributed by atoms with Crippen LogP contribution < -0.4 is 11.1 Å². The number of nitrogens with one attached hydrogen (secondary N) is 1. The second-order valence-corrected chi connectivity index (χ2v) is 8.40. The van der Waals surface area contributed by atoms with E-state index in [4.69, 9.17) is 5.73 Å². The number of hydrogen-bond acceptors (Lipinski definition) is 5. The highest BCUT2D eigenvalue weighted by Gasteiger charge is 2.23. The lowest BCUT2D eigenvalue weighted by atomic mass is 9.87. The van der Waals surface area contributed by atoms with E-state index in [1.807, 2.05) is 6.07 Å². The predicted molar refractivity (Wildman–Crippen MR) is 109 cm³/mol. The summed E-state index contributed by atoms with van der Waals surface area (Å²) in [5.74, 6) is -0.293. The molecule has 28 heavy (non-hydrogen) atoms. The summed E-state index contributed by atoms with van der Waals surface area (Å²) in [4.78, 5) is 28.8. The zero-order valence-electron chi connectivity index (χ0n) is 15.9. The number of pyridine rings is 1. The van der Waals surface area contributed by atoms with Crippen molar-refractivity contribution in [3.8, 4) is 6.07 Å². The number of anilines is 1. The van der Waals surface area contributed by atoms with Gasteiger partial charge in [0.25, 0.3) is 5.91 Å². The predicted octanol–water partition coefficient (Wildman–Crippen LogP) is 3.30. The maximum Gasteiger partial charge on any atom is 0.250 e. The summed E-state index contributed by atoms with van der Waals surface area (Å²) >= 11 is 1.25. The summed E-state index contributed by atoms with van der Waals surface area (Å²) in [6.45, 7) is 3.95. The highest BCUT2D eigenvalue weighted by atomic mass is 32.2. The first kappa shape index (κ1) is 19.9. The quantitative estimate of drug-likeness (QED) is 0.756. The van der Waals surface area contributed by atoms with E-state index in [0.717, 1.165) is 30.5 Å². The molecule has 1 aromatic carbocycles. The Morgan fingerprint density at radius 1 is 1.39 bits per heavy atom. The van der Waals surface area contributed by atoms with Crippen LogP contribution in [0.25, 0.3) is 0 Å². The number of benzene rings is 1. The Hall–Kier alpha value is -2.85. The molecule has 1 heterocycles. The van der Waals surface area contributed by atoms with Crippen molar-refractivity contribution in [3.63, 3.8) is 0 Å². The number of aromatic nitrogens is 1. The number of amides is 2. The molecule has 144 valence electrons. The molecular weight excluding hydrogens is 372 g/mol. The van der Waals surface area contributed by atoms with Crippen LogP contribution in [-0.4, -0.2) is 22.0 Å². The summed E-state index contributed by atoms with van der Waals surface area (Å²) in [6, 6.07) is 10.7. The first-order valence-corrected chi connectivity index (χ1v) is 10.1. The van der Waals surface area contributed by atoms with Gasteiger partial charge in [-0.25, -0.2) is 4.98 Å². The van der Waals surface area contributed by atoms with Gasteiger partial charge in [0.15, 0.2) is 0 Å². The zero-order valence-corrected chi connectivity index (χ0v) is 16.7. The van der Waals surface area contributed by atoms with E-state index in [2.05, 4.69) is 23.3 Å². The van der Waals surface area contributed by atoms with Gasteiger partial charge in [-0.1, -0.05) is 30.8 Å². The third-order valence-electron chi connectivity index (χ3n) is 4.83. The summed E-state index contributed by atoms with van der Waals surface area (Å²) in [5.41, 5.74) is 8.64. The molecule has 2 amide bonds. The Balaban J connectivity index is 1.78. The Morgan fingerprint density at radius 2 is 2.14 bits per heavy atom. The van der Waals surface area contributed by atoms with E-state index in [0.29, 0.717) is 22.2 Å². The van der Waals surface area contributed by atoms with Gasteiger partial charge < -0.3 is 11.1 Å². The smallest absolute Gasteiger partial charge is 0.250 e. The van der Waals surface area contributed by atoms with E-state index >= 15 is 0 Å². The molecule has 0 saturated heterocycles. The highest BCUT2D eigenvalue weighted by molar-refractivity contribution is 8.00. The zero-order chi connectivity index (χ0) is 20.3. The molecule has 0 radical (unpaired) electrons. The van der Waals surface area contributed by atoms with Crippen molar-refractivity contribution in [1.29, 1.82) is 5.26 Å². The molecule has 0 spiro atoms. The van der Waals surface area contributed by atoms with Gasteiger partial charge in [0.1, 0.15) is 11.1 Å². The first-order valence-electron chi connectivity index (χ1n) is 9.18. The van der Waals surface area contributed by atoms with E-state index < -0.39 is 11.2 Å². The molecule has 0 fully saturated rings. The van der Waals surface area contributed by atoms with Gasteiger partial charge in [-0.15, -0.1) is 0 Å². The molecule has 0 aliphatic heterocycles. The number of primary amides is 1. The van der Waals surface area contributed by atoms with Gasteiger partial charge in [0.2, 0.25) is 5.91 Å². The van der Waals surface area contributed by atoms with Crippen molar-refractivity contribution in [2.75, 3.05) is 5.32 Å². The molecule has 1 aromatic heterocycles. The lowest BCUT2D eigenvalue weighted by Crippen LogP contribution is -2.25. The van der Waals surface area contributed by atoms with Gasteiger partial charge in [-0.2, -0.15) is 5.26 Å². The summed E-state index contributed by atoms with van der Waals surface area (Å²) in [6.07, 6.45) is 2.90. The van der Waals surface area contributed by atoms with Crippen LogP contribution in [0, 0.1) is 17.2 Å². The Kier molecular flexibility index (Phi) is 6.00. The number of carbonyl (C=O) groups is 2. The minimum absolute atomic E-state index is 0.256. The number of nitrogens with two attached hydrogens (primary N) is 1. The van der Waals surface area contributed by atoms with Crippen molar-refractivity contribution in [2.45, 2.75) is 43.4 Å². The fourth-order valence-corrected chi connectivity index (χ4v) is 4.16. The average Bonchev–Trinajstić information content (AvgIpc) is 2.67. The van der Waals surface area contributed by atoms with Crippen molar-refractivity contribution in [1.82, 2.24) is 4.98 Å². The van der Waals surface area contributed by atoms with Gasteiger partial charge in [0.05, 0.1) is 22.1 Å². The number of para-hydroxylation sites is 1. The molecule has 2 unspecified atom stereocenters. The van der Waals surface area contributed by atoms with Gasteiger partial charge >= 0.3 is 0 Å². The lowest BCUT2D eigenvalue weighted by molar-refractivity contribution is -0.115. The maximum absolute atomic E-state index is 12.6. The SMILES string of the molecule is CC1CCc2nc(SC(C)C(=O)Nc3ccccc3C(N)=O)c(C#N)cc2C1. The number of aryl methyl sites for hydroxylation is 1. The van der Waals surface area contributed by atoms with Crippen molar-refractivity contribution in [2.24, 2.45) is 11.7 Å². The summed E-state index contributed by atoms with van der Waals surface area (Å²) < 4.78 is 0. The number of rotatable bonds is 5. The first-order chi connectivity index (χ1) is 13.4. The van der Waals surface area contributed by atoms with E-state index in [1.165, 1.54) is 11.8 Å². The molecule has 3 rings (SSSR count). The fourth-order valence-electron chi connectivity index (χ4n) is 3.26. The fraction of sp³-hybridized carbons (Fsp3) is 0.333. The molecule has 2 atom stereocenters. The van der Waals surface area contributed by atoms with Crippen molar-refractivity contribution >= 4 is 29.3 Å². The van der Waals surface area contributed by atoms with Crippen molar-refractivity contribution < 1.29 is 9.59 Å². The van der Waals surface area contributed by atoms with Crippen LogP contribution in [0.4, 0.5) is 5.69 Å². The maximum atomic E-state index is 12.6. The second kappa shape index (κ2) is 8.44. The lowest BCUT2D eigenvalue weighted by Gasteiger charge is -2.22. The van der Waals surface area contributed by atoms with Crippen LogP contribution >= 0.6 is 11.8 Å². The molecule has 7 heteroatoms. The largest absolute Gasteiger partial charge is 0.366 e.